The highest BCUT2D eigenvalue weighted by molar-refractivity contribution is 7.16. The fourth-order valence-corrected chi connectivity index (χ4v) is 3.60. The predicted octanol–water partition coefficient (Wildman–Crippen LogP) is 0.733. The van der Waals surface area contributed by atoms with Gasteiger partial charge in [0.25, 0.3) is 0 Å². The molecular weight excluding hydrogens is 332 g/mol. The van der Waals surface area contributed by atoms with Gasteiger partial charge in [-0.2, -0.15) is 0 Å². The Kier molecular flexibility index (Phi) is 5.09. The molecule has 6 nitrogen and oxygen atoms in total. The Bertz CT molecular complexity index is 680. The van der Waals surface area contributed by atoms with Gasteiger partial charge in [0.2, 0.25) is 0 Å². The van der Waals surface area contributed by atoms with Crippen LogP contribution < -0.4 is 15.6 Å². The number of nitrogens with one attached hydrogen (secondary N) is 1. The van der Waals surface area contributed by atoms with Gasteiger partial charge in [0.15, 0.2) is 6.21 Å². The second-order valence-corrected chi connectivity index (χ2v) is 7.28. The highest BCUT2D eigenvalue weighted by Gasteiger charge is 2.21. The summed E-state index contributed by atoms with van der Waals surface area (Å²) < 4.78 is 0.785. The third kappa shape index (κ3) is 3.80. The average molecular weight is 352 g/mol. The number of nitrogens with two attached hydrogens (primary N) is 1. The lowest BCUT2D eigenvalue weighted by Gasteiger charge is -2.33. The van der Waals surface area contributed by atoms with Crippen molar-refractivity contribution >= 4 is 40.8 Å². The molecule has 0 unspecified atom stereocenters. The van der Waals surface area contributed by atoms with Crippen molar-refractivity contribution in [3.63, 3.8) is 0 Å². The van der Waals surface area contributed by atoms with Crippen molar-refractivity contribution < 1.29 is 5.41 Å². The lowest BCUT2D eigenvalue weighted by Crippen LogP contribution is -2.45. The number of thiophene rings is 1. The standard InChI is InChI=1S/C15H19ClN6S/c1-21-4-6-22(7-5-21)15-12(8-17)14(19-10-20-15)18-9-11-2-3-13(16)23-11/h2-3,8,10,17H,4-7,9H2,1H3,(H,18,19,20)/p+1. The van der Waals surface area contributed by atoms with Crippen molar-refractivity contribution in [3.8, 4) is 0 Å². The summed E-state index contributed by atoms with van der Waals surface area (Å²) >= 11 is 7.52. The highest BCUT2D eigenvalue weighted by atomic mass is 35.5. The summed E-state index contributed by atoms with van der Waals surface area (Å²) in [5.41, 5.74) is 0.847. The number of likely N-dealkylation sites (N-methyl/N-ethyl adjacent to an activating group) is 1. The average Bonchev–Trinajstić information content (AvgIpc) is 2.98. The Labute approximate surface area is 144 Å². The van der Waals surface area contributed by atoms with Gasteiger partial charge in [-0.05, 0) is 19.2 Å². The van der Waals surface area contributed by atoms with Crippen LogP contribution >= 0.6 is 22.9 Å². The smallest absolute Gasteiger partial charge is 0.174 e. The molecule has 0 radical (unpaired) electrons. The molecule has 1 aliphatic heterocycles. The molecule has 0 atom stereocenters. The second-order valence-electron chi connectivity index (χ2n) is 5.48. The quantitative estimate of drug-likeness (QED) is 0.777. The summed E-state index contributed by atoms with van der Waals surface area (Å²) in [6.07, 6.45) is 3.17. The van der Waals surface area contributed by atoms with Crippen LogP contribution in [-0.4, -0.2) is 54.3 Å². The molecule has 122 valence electrons. The Morgan fingerprint density at radius 2 is 2.09 bits per heavy atom. The van der Waals surface area contributed by atoms with Crippen molar-refractivity contribution in [1.82, 2.24) is 14.9 Å². The van der Waals surface area contributed by atoms with E-state index in [9.17, 15) is 0 Å². The normalized spacial score (nSPS) is 15.7. The summed E-state index contributed by atoms with van der Waals surface area (Å²) in [5.74, 6) is 1.64. The van der Waals surface area contributed by atoms with E-state index in [1.54, 1.807) is 23.9 Å². The van der Waals surface area contributed by atoms with Crippen molar-refractivity contribution in [2.24, 2.45) is 0 Å². The third-order valence-corrected chi connectivity index (χ3v) is 5.12. The number of anilines is 2. The van der Waals surface area contributed by atoms with E-state index < -0.39 is 0 Å². The van der Waals surface area contributed by atoms with E-state index in [1.165, 1.54) is 0 Å². The largest absolute Gasteiger partial charge is 0.364 e. The molecule has 2 aromatic rings. The van der Waals surface area contributed by atoms with Crippen LogP contribution in [-0.2, 0) is 6.54 Å². The molecule has 0 bridgehead atoms. The van der Waals surface area contributed by atoms with Crippen LogP contribution in [0, 0.1) is 0 Å². The molecule has 0 spiro atoms. The van der Waals surface area contributed by atoms with E-state index in [4.69, 9.17) is 17.0 Å². The van der Waals surface area contributed by atoms with E-state index in [1.807, 2.05) is 12.1 Å². The van der Waals surface area contributed by atoms with Crippen molar-refractivity contribution in [2.75, 3.05) is 43.4 Å². The summed E-state index contributed by atoms with van der Waals surface area (Å²) in [5, 5.41) is 9.19. The Hall–Kier alpha value is -1.70. The number of nitrogens with zero attached hydrogens (tertiary/aromatic N) is 4. The molecule has 0 aromatic carbocycles. The first-order valence-electron chi connectivity index (χ1n) is 7.49. The Morgan fingerprint density at radius 1 is 1.30 bits per heavy atom. The molecule has 3 N–H and O–H groups in total. The monoisotopic (exact) mass is 351 g/mol. The molecule has 3 heterocycles. The van der Waals surface area contributed by atoms with E-state index in [0.717, 1.165) is 52.6 Å². The molecule has 1 aliphatic rings. The van der Waals surface area contributed by atoms with Gasteiger partial charge in [0.1, 0.15) is 23.5 Å². The van der Waals surface area contributed by atoms with Crippen molar-refractivity contribution in [1.29, 1.82) is 0 Å². The lowest BCUT2D eigenvalue weighted by atomic mass is 10.2. The molecule has 1 saturated heterocycles. The first-order valence-corrected chi connectivity index (χ1v) is 8.68. The van der Waals surface area contributed by atoms with Crippen LogP contribution in [0.1, 0.15) is 10.4 Å². The van der Waals surface area contributed by atoms with E-state index >= 15 is 0 Å². The van der Waals surface area contributed by atoms with Crippen LogP contribution in [0.2, 0.25) is 4.34 Å². The molecule has 23 heavy (non-hydrogen) atoms. The van der Waals surface area contributed by atoms with Crippen LogP contribution in [0.5, 0.6) is 0 Å². The number of aromatic nitrogens is 2. The summed E-state index contributed by atoms with van der Waals surface area (Å²) in [6, 6.07) is 3.91. The fraction of sp³-hybridized carbons (Fsp3) is 0.400. The topological polar surface area (TPSA) is 69.9 Å². The Balaban J connectivity index is 1.78. The van der Waals surface area contributed by atoms with Gasteiger partial charge in [-0.3, -0.25) is 5.41 Å². The molecule has 8 heteroatoms. The number of rotatable bonds is 5. The summed E-state index contributed by atoms with van der Waals surface area (Å²) in [4.78, 5) is 14.5. The molecule has 1 fully saturated rings. The zero-order chi connectivity index (χ0) is 16.2. The summed E-state index contributed by atoms with van der Waals surface area (Å²) in [6.45, 7) is 4.58. The Morgan fingerprint density at radius 3 is 2.74 bits per heavy atom. The van der Waals surface area contributed by atoms with Gasteiger partial charge in [0, 0.05) is 31.1 Å². The van der Waals surface area contributed by atoms with Crippen LogP contribution in [0.25, 0.3) is 0 Å². The van der Waals surface area contributed by atoms with E-state index in [-0.39, 0.29) is 0 Å². The van der Waals surface area contributed by atoms with Crippen molar-refractivity contribution in [2.45, 2.75) is 6.54 Å². The third-order valence-electron chi connectivity index (χ3n) is 3.89. The molecule has 3 rings (SSSR count). The maximum atomic E-state index is 5.97. The van der Waals surface area contributed by atoms with Gasteiger partial charge in [0.05, 0.1) is 10.9 Å². The minimum absolute atomic E-state index is 0.664. The van der Waals surface area contributed by atoms with E-state index in [0.29, 0.717) is 6.54 Å². The molecular formula is C15H20ClN6S+. The van der Waals surface area contributed by atoms with Crippen LogP contribution in [0.4, 0.5) is 11.6 Å². The van der Waals surface area contributed by atoms with Gasteiger partial charge in [-0.1, -0.05) is 11.6 Å². The predicted molar refractivity (Wildman–Crippen MR) is 95.5 cm³/mol. The summed E-state index contributed by atoms with van der Waals surface area (Å²) in [7, 11) is 2.13. The van der Waals surface area contributed by atoms with Gasteiger partial charge >= 0.3 is 0 Å². The van der Waals surface area contributed by atoms with Crippen LogP contribution in [0.3, 0.4) is 0 Å². The number of hydrogen-bond donors (Lipinski definition) is 2. The minimum atomic E-state index is 0.664. The molecule has 0 saturated carbocycles. The molecule has 0 aliphatic carbocycles. The number of halogens is 1. The van der Waals surface area contributed by atoms with Crippen LogP contribution in [0.15, 0.2) is 18.5 Å². The SMILES string of the molecule is CN1CCN(c2ncnc(NCc3ccc(Cl)s3)c2C=[NH2+])CC1. The van der Waals surface area contributed by atoms with Gasteiger partial charge in [-0.15, -0.1) is 11.3 Å². The second kappa shape index (κ2) is 7.25. The number of piperazine rings is 1. The molecule has 2 aromatic heterocycles. The van der Waals surface area contributed by atoms with Gasteiger partial charge in [-0.25, -0.2) is 9.97 Å². The minimum Gasteiger partial charge on any atom is -0.364 e. The zero-order valence-electron chi connectivity index (χ0n) is 13.0. The maximum Gasteiger partial charge on any atom is 0.174 e. The van der Waals surface area contributed by atoms with Crippen molar-refractivity contribution in [3.05, 3.63) is 33.2 Å². The zero-order valence-corrected chi connectivity index (χ0v) is 14.6. The maximum absolute atomic E-state index is 5.97. The first-order chi connectivity index (χ1) is 11.2. The fourth-order valence-electron chi connectivity index (χ4n) is 2.57. The lowest BCUT2D eigenvalue weighted by molar-refractivity contribution is -0.104. The highest BCUT2D eigenvalue weighted by Crippen LogP contribution is 2.25. The first kappa shape index (κ1) is 16.2. The van der Waals surface area contributed by atoms with Gasteiger partial charge < -0.3 is 15.1 Å². The number of hydrogen-bond acceptors (Lipinski definition) is 6. The van der Waals surface area contributed by atoms with E-state index in [2.05, 4.69) is 32.1 Å². The molecule has 0 amide bonds.